The van der Waals surface area contributed by atoms with Crippen molar-refractivity contribution in [2.75, 3.05) is 25.3 Å². The Labute approximate surface area is 195 Å². The largest absolute Gasteiger partial charge is 0.487 e. The number of rotatable bonds is 9. The van der Waals surface area contributed by atoms with Gasteiger partial charge in [-0.2, -0.15) is 0 Å². The molecule has 1 aliphatic rings. The lowest BCUT2D eigenvalue weighted by Gasteiger charge is -2.32. The Morgan fingerprint density at radius 2 is 1.85 bits per heavy atom. The molecule has 4 nitrogen and oxygen atoms in total. The first-order valence-electron chi connectivity index (χ1n) is 11.0. The third-order valence-electron chi connectivity index (χ3n) is 6.22. The number of anilines is 2. The number of para-hydroxylation sites is 1. The van der Waals surface area contributed by atoms with Crippen molar-refractivity contribution >= 4 is 22.2 Å². The van der Waals surface area contributed by atoms with Crippen molar-refractivity contribution in [1.29, 1.82) is 0 Å². The van der Waals surface area contributed by atoms with Crippen LogP contribution in [0, 0.1) is 5.41 Å². The van der Waals surface area contributed by atoms with Gasteiger partial charge in [0.25, 0.3) is 0 Å². The van der Waals surface area contributed by atoms with Gasteiger partial charge in [0.15, 0.2) is 10.9 Å². The standard InChI is InChI=1S/C25H27F3N2O2S/c1-16(25(13-26,14-27)15-28)32-23-18(17-7-3-2-4-8-17)9-5-10-19(23)29-24-30-22-20(31)11-6-12-21(22)33-24/h2-5,7-10,16,20,31H,6,11-15H2,1H3,(H,29,30)/t16-,20?/m1/s1. The van der Waals surface area contributed by atoms with Crippen molar-refractivity contribution in [2.45, 2.75) is 38.4 Å². The fraction of sp³-hybridized carbons (Fsp3) is 0.400. The van der Waals surface area contributed by atoms with Crippen LogP contribution in [0.3, 0.4) is 0 Å². The lowest BCUT2D eigenvalue weighted by Crippen LogP contribution is -2.43. The highest BCUT2D eigenvalue weighted by molar-refractivity contribution is 7.15. The number of aryl methyl sites for hydroxylation is 1. The van der Waals surface area contributed by atoms with E-state index in [0.717, 1.165) is 23.3 Å². The molecule has 1 aromatic heterocycles. The number of benzene rings is 2. The van der Waals surface area contributed by atoms with E-state index in [1.54, 1.807) is 6.07 Å². The molecular formula is C25H27F3N2O2S. The molecular weight excluding hydrogens is 449 g/mol. The summed E-state index contributed by atoms with van der Waals surface area (Å²) in [5.41, 5.74) is 0.929. The van der Waals surface area contributed by atoms with Crippen LogP contribution < -0.4 is 10.1 Å². The number of ether oxygens (including phenoxy) is 1. The van der Waals surface area contributed by atoms with Gasteiger partial charge in [-0.15, -0.1) is 11.3 Å². The number of hydrogen-bond acceptors (Lipinski definition) is 5. The Balaban J connectivity index is 1.74. The summed E-state index contributed by atoms with van der Waals surface area (Å²) in [7, 11) is 0. The molecule has 0 radical (unpaired) electrons. The van der Waals surface area contributed by atoms with Gasteiger partial charge in [0.1, 0.15) is 26.1 Å². The minimum absolute atomic E-state index is 0.365. The third kappa shape index (κ3) is 4.73. The first-order valence-corrected chi connectivity index (χ1v) is 11.8. The molecule has 176 valence electrons. The molecule has 2 N–H and O–H groups in total. The number of thiazole rings is 1. The molecule has 2 atom stereocenters. The molecule has 2 aromatic carbocycles. The second-order valence-corrected chi connectivity index (χ2v) is 9.52. The summed E-state index contributed by atoms with van der Waals surface area (Å²) >= 11 is 1.46. The van der Waals surface area contributed by atoms with E-state index in [-0.39, 0.29) is 0 Å². The molecule has 0 aliphatic heterocycles. The number of alkyl halides is 3. The lowest BCUT2D eigenvalue weighted by molar-refractivity contribution is -0.00170. The zero-order valence-corrected chi connectivity index (χ0v) is 19.2. The van der Waals surface area contributed by atoms with E-state index >= 15 is 0 Å². The molecule has 0 amide bonds. The fourth-order valence-corrected chi connectivity index (χ4v) is 4.98. The number of nitrogens with one attached hydrogen (secondary N) is 1. The summed E-state index contributed by atoms with van der Waals surface area (Å²) in [6, 6.07) is 14.9. The van der Waals surface area contributed by atoms with Gasteiger partial charge in [-0.05, 0) is 37.8 Å². The average Bonchev–Trinajstić information content (AvgIpc) is 3.26. The number of nitrogens with zero attached hydrogens (tertiary/aromatic N) is 1. The SMILES string of the molecule is C[C@@H](Oc1c(Nc2nc3c(s2)CCCC3O)cccc1-c1ccccc1)C(CF)(CF)CF. The van der Waals surface area contributed by atoms with E-state index in [0.29, 0.717) is 34.2 Å². The Morgan fingerprint density at radius 1 is 1.12 bits per heavy atom. The smallest absolute Gasteiger partial charge is 0.187 e. The van der Waals surface area contributed by atoms with Crippen molar-refractivity contribution in [3.63, 3.8) is 0 Å². The molecule has 4 rings (SSSR count). The maximum Gasteiger partial charge on any atom is 0.187 e. The van der Waals surface area contributed by atoms with Gasteiger partial charge in [-0.1, -0.05) is 42.5 Å². The van der Waals surface area contributed by atoms with E-state index in [1.807, 2.05) is 42.5 Å². The summed E-state index contributed by atoms with van der Waals surface area (Å²) in [5.74, 6) is 0.365. The van der Waals surface area contributed by atoms with E-state index in [4.69, 9.17) is 4.74 Å². The zero-order chi connectivity index (χ0) is 23.4. The van der Waals surface area contributed by atoms with Crippen LogP contribution in [-0.4, -0.2) is 36.2 Å². The first kappa shape index (κ1) is 23.6. The molecule has 0 saturated heterocycles. The van der Waals surface area contributed by atoms with Crippen LogP contribution in [0.4, 0.5) is 24.0 Å². The third-order valence-corrected chi connectivity index (χ3v) is 7.27. The van der Waals surface area contributed by atoms with Crippen LogP contribution >= 0.6 is 11.3 Å². The van der Waals surface area contributed by atoms with E-state index < -0.39 is 37.6 Å². The lowest BCUT2D eigenvalue weighted by atomic mass is 9.87. The van der Waals surface area contributed by atoms with Gasteiger partial charge in [-0.25, -0.2) is 4.98 Å². The van der Waals surface area contributed by atoms with Gasteiger partial charge in [0, 0.05) is 10.4 Å². The van der Waals surface area contributed by atoms with Gasteiger partial charge in [0.05, 0.1) is 22.9 Å². The molecule has 33 heavy (non-hydrogen) atoms. The summed E-state index contributed by atoms with van der Waals surface area (Å²) < 4.78 is 47.2. The van der Waals surface area contributed by atoms with Crippen molar-refractivity contribution in [1.82, 2.24) is 4.98 Å². The molecule has 0 saturated carbocycles. The van der Waals surface area contributed by atoms with Crippen LogP contribution in [0.25, 0.3) is 11.1 Å². The monoisotopic (exact) mass is 476 g/mol. The molecule has 1 heterocycles. The van der Waals surface area contributed by atoms with E-state index in [1.165, 1.54) is 18.3 Å². The van der Waals surface area contributed by atoms with Gasteiger partial charge in [0.2, 0.25) is 0 Å². The molecule has 0 fully saturated rings. The highest BCUT2D eigenvalue weighted by atomic mass is 32.1. The number of aliphatic hydroxyl groups excluding tert-OH is 1. The van der Waals surface area contributed by atoms with Gasteiger partial charge >= 0.3 is 0 Å². The first-order chi connectivity index (χ1) is 16.0. The predicted molar refractivity (Wildman–Crippen MR) is 126 cm³/mol. The quantitative estimate of drug-likeness (QED) is 0.366. The predicted octanol–water partition coefficient (Wildman–Crippen LogP) is 6.59. The van der Waals surface area contributed by atoms with Crippen LogP contribution in [0.1, 0.15) is 36.4 Å². The number of fused-ring (bicyclic) bond motifs is 1. The van der Waals surface area contributed by atoms with Gasteiger partial charge in [-0.3, -0.25) is 13.2 Å². The molecule has 1 unspecified atom stereocenters. The maximum atomic E-state index is 13.7. The zero-order valence-electron chi connectivity index (χ0n) is 18.4. The van der Waals surface area contributed by atoms with Crippen molar-refractivity contribution in [3.05, 3.63) is 59.1 Å². The van der Waals surface area contributed by atoms with E-state index in [2.05, 4.69) is 10.3 Å². The average molecular weight is 477 g/mol. The van der Waals surface area contributed by atoms with E-state index in [9.17, 15) is 18.3 Å². The molecule has 0 spiro atoms. The Kier molecular flexibility index (Phi) is 7.24. The summed E-state index contributed by atoms with van der Waals surface area (Å²) in [6.07, 6.45) is 0.814. The minimum Gasteiger partial charge on any atom is -0.487 e. The van der Waals surface area contributed by atoms with Crippen LogP contribution in [0.5, 0.6) is 5.75 Å². The summed E-state index contributed by atoms with van der Waals surface area (Å²) in [6.45, 7) is -2.03. The van der Waals surface area contributed by atoms with Crippen molar-refractivity contribution < 1.29 is 23.0 Å². The molecule has 0 bridgehead atoms. The van der Waals surface area contributed by atoms with Crippen molar-refractivity contribution in [2.24, 2.45) is 5.41 Å². The summed E-state index contributed by atoms with van der Waals surface area (Å²) in [4.78, 5) is 5.61. The van der Waals surface area contributed by atoms with Gasteiger partial charge < -0.3 is 15.2 Å². The molecule has 3 aromatic rings. The number of aliphatic hydroxyl groups is 1. The highest BCUT2D eigenvalue weighted by Crippen LogP contribution is 2.42. The highest BCUT2D eigenvalue weighted by Gasteiger charge is 2.40. The number of hydrogen-bond donors (Lipinski definition) is 2. The Hall–Kier alpha value is -2.58. The second-order valence-electron chi connectivity index (χ2n) is 8.43. The summed E-state index contributed by atoms with van der Waals surface area (Å²) in [5, 5.41) is 14.1. The Bertz CT molecular complexity index is 1060. The van der Waals surface area contributed by atoms with Crippen LogP contribution in [0.15, 0.2) is 48.5 Å². The number of aromatic nitrogens is 1. The maximum absolute atomic E-state index is 13.7. The normalized spacial score (nSPS) is 16.8. The minimum atomic E-state index is -1.87. The topological polar surface area (TPSA) is 54.4 Å². The molecule has 1 aliphatic carbocycles. The van der Waals surface area contributed by atoms with Crippen LogP contribution in [0.2, 0.25) is 0 Å². The van der Waals surface area contributed by atoms with Crippen molar-refractivity contribution in [3.8, 4) is 16.9 Å². The Morgan fingerprint density at radius 3 is 2.52 bits per heavy atom. The van der Waals surface area contributed by atoms with Crippen LogP contribution in [-0.2, 0) is 6.42 Å². The number of halogens is 3. The molecule has 8 heteroatoms. The second kappa shape index (κ2) is 10.1. The fourth-order valence-electron chi connectivity index (χ4n) is 3.91.